The fraction of sp³-hybridized carbons (Fsp3) is 0.133. The van der Waals surface area contributed by atoms with Gasteiger partial charge in [-0.15, -0.1) is 0 Å². The van der Waals surface area contributed by atoms with Crippen molar-refractivity contribution < 1.29 is 19.7 Å². The number of carboxylic acids is 1. The van der Waals surface area contributed by atoms with Crippen LogP contribution in [-0.4, -0.2) is 23.3 Å². The summed E-state index contributed by atoms with van der Waals surface area (Å²) in [5, 5.41) is 18.6. The number of carboxylic acid groups (broad SMARTS) is 1. The Hall–Kier alpha value is -2.49. The zero-order valence-corrected chi connectivity index (χ0v) is 10.4. The second-order valence-electron chi connectivity index (χ2n) is 4.14. The number of aliphatic carboxylic acids is 1. The normalized spacial score (nSPS) is 11.8. The molecule has 2 aromatic rings. The van der Waals surface area contributed by atoms with Gasteiger partial charge in [0, 0.05) is 0 Å². The molecule has 98 valence electrons. The molecule has 0 aliphatic heterocycles. The number of methoxy groups -OCH3 is 1. The number of carbonyl (C=O) groups is 1. The summed E-state index contributed by atoms with van der Waals surface area (Å²) in [5.74, 6) is -0.899. The summed E-state index contributed by atoms with van der Waals surface area (Å²) in [6, 6.07) is 13.1. The average molecular weight is 258 g/mol. The molecule has 4 heteroatoms. The molecular formula is C15H14O4. The van der Waals surface area contributed by atoms with Gasteiger partial charge in [0.1, 0.15) is 17.4 Å². The van der Waals surface area contributed by atoms with E-state index in [1.54, 1.807) is 43.5 Å². The first-order valence-electron chi connectivity index (χ1n) is 5.77. The molecule has 1 atom stereocenters. The fourth-order valence-corrected chi connectivity index (χ4v) is 1.94. The number of hydrogen-bond acceptors (Lipinski definition) is 3. The lowest BCUT2D eigenvalue weighted by Gasteiger charge is -2.13. The number of hydrogen-bond donors (Lipinski definition) is 2. The van der Waals surface area contributed by atoms with E-state index < -0.39 is 11.9 Å². The third kappa shape index (κ3) is 2.85. The lowest BCUT2D eigenvalue weighted by atomic mass is 9.91. The van der Waals surface area contributed by atoms with Crippen LogP contribution in [0, 0.1) is 0 Å². The Balaban J connectivity index is 2.39. The largest absolute Gasteiger partial charge is 0.508 e. The maximum absolute atomic E-state index is 11.4. The Bertz CT molecular complexity index is 558. The molecule has 0 aromatic heterocycles. The number of rotatable bonds is 4. The van der Waals surface area contributed by atoms with E-state index in [1.165, 1.54) is 12.1 Å². The second-order valence-corrected chi connectivity index (χ2v) is 4.14. The van der Waals surface area contributed by atoms with Gasteiger partial charge in [-0.05, 0) is 35.4 Å². The van der Waals surface area contributed by atoms with Crippen molar-refractivity contribution in [3.05, 3.63) is 59.7 Å². The van der Waals surface area contributed by atoms with E-state index in [0.717, 1.165) is 0 Å². The van der Waals surface area contributed by atoms with E-state index in [2.05, 4.69) is 0 Å². The Morgan fingerprint density at radius 2 is 1.47 bits per heavy atom. The molecule has 0 aliphatic rings. The quantitative estimate of drug-likeness (QED) is 0.884. The lowest BCUT2D eigenvalue weighted by molar-refractivity contribution is -0.137. The van der Waals surface area contributed by atoms with E-state index in [4.69, 9.17) is 4.74 Å². The molecule has 0 spiro atoms. The van der Waals surface area contributed by atoms with Crippen molar-refractivity contribution in [2.75, 3.05) is 7.11 Å². The van der Waals surface area contributed by atoms with Gasteiger partial charge in [0.15, 0.2) is 0 Å². The van der Waals surface area contributed by atoms with Gasteiger partial charge in [0.25, 0.3) is 0 Å². The first-order valence-corrected chi connectivity index (χ1v) is 5.77. The summed E-state index contributed by atoms with van der Waals surface area (Å²) in [4.78, 5) is 11.4. The van der Waals surface area contributed by atoms with Crippen LogP contribution in [0.5, 0.6) is 11.5 Å². The molecule has 0 amide bonds. The van der Waals surface area contributed by atoms with Crippen LogP contribution in [-0.2, 0) is 4.79 Å². The molecule has 2 rings (SSSR count). The Kier molecular flexibility index (Phi) is 3.71. The van der Waals surface area contributed by atoms with Gasteiger partial charge in [-0.25, -0.2) is 0 Å². The number of phenolic OH excluding ortho intramolecular Hbond substituents is 1. The van der Waals surface area contributed by atoms with E-state index >= 15 is 0 Å². The zero-order chi connectivity index (χ0) is 13.8. The number of ether oxygens (including phenoxy) is 1. The highest BCUT2D eigenvalue weighted by molar-refractivity contribution is 5.80. The van der Waals surface area contributed by atoms with Gasteiger partial charge in [-0.2, -0.15) is 0 Å². The number of aromatic hydroxyl groups is 1. The van der Waals surface area contributed by atoms with Crippen LogP contribution in [0.15, 0.2) is 48.5 Å². The van der Waals surface area contributed by atoms with Crippen molar-refractivity contribution in [2.45, 2.75) is 5.92 Å². The highest BCUT2D eigenvalue weighted by Crippen LogP contribution is 2.27. The van der Waals surface area contributed by atoms with Gasteiger partial charge in [0.2, 0.25) is 0 Å². The summed E-state index contributed by atoms with van der Waals surface area (Å²) in [6.45, 7) is 0. The summed E-state index contributed by atoms with van der Waals surface area (Å²) >= 11 is 0. The van der Waals surface area contributed by atoms with E-state index in [1.807, 2.05) is 0 Å². The second kappa shape index (κ2) is 5.44. The van der Waals surface area contributed by atoms with Crippen LogP contribution in [0.1, 0.15) is 17.0 Å². The van der Waals surface area contributed by atoms with Crippen LogP contribution < -0.4 is 4.74 Å². The van der Waals surface area contributed by atoms with Gasteiger partial charge in [-0.3, -0.25) is 4.79 Å². The van der Waals surface area contributed by atoms with Crippen molar-refractivity contribution in [3.63, 3.8) is 0 Å². The van der Waals surface area contributed by atoms with Crippen LogP contribution in [0.2, 0.25) is 0 Å². The maximum Gasteiger partial charge on any atom is 0.315 e. The molecule has 0 heterocycles. The maximum atomic E-state index is 11.4. The topological polar surface area (TPSA) is 66.8 Å². The Labute approximate surface area is 110 Å². The van der Waals surface area contributed by atoms with Crippen molar-refractivity contribution in [1.82, 2.24) is 0 Å². The molecule has 0 aliphatic carbocycles. The molecule has 0 bridgehead atoms. The highest BCUT2D eigenvalue weighted by Gasteiger charge is 2.21. The molecular weight excluding hydrogens is 244 g/mol. The molecule has 0 unspecified atom stereocenters. The predicted octanol–water partition coefficient (Wildman–Crippen LogP) is 2.62. The predicted molar refractivity (Wildman–Crippen MR) is 70.6 cm³/mol. The van der Waals surface area contributed by atoms with E-state index in [9.17, 15) is 15.0 Å². The van der Waals surface area contributed by atoms with Crippen molar-refractivity contribution >= 4 is 5.97 Å². The molecule has 19 heavy (non-hydrogen) atoms. The monoisotopic (exact) mass is 258 g/mol. The van der Waals surface area contributed by atoms with Crippen molar-refractivity contribution in [2.24, 2.45) is 0 Å². The van der Waals surface area contributed by atoms with Gasteiger partial charge >= 0.3 is 5.97 Å². The van der Waals surface area contributed by atoms with Crippen molar-refractivity contribution in [3.8, 4) is 11.5 Å². The van der Waals surface area contributed by atoms with Crippen molar-refractivity contribution in [1.29, 1.82) is 0 Å². The Morgan fingerprint density at radius 3 is 1.89 bits per heavy atom. The van der Waals surface area contributed by atoms with E-state index in [-0.39, 0.29) is 5.75 Å². The zero-order valence-electron chi connectivity index (χ0n) is 10.4. The smallest absolute Gasteiger partial charge is 0.315 e. The van der Waals surface area contributed by atoms with Gasteiger partial charge in [0.05, 0.1) is 7.11 Å². The SMILES string of the molecule is COc1ccc([C@H](C(=O)O)c2ccc(O)cc2)cc1. The standard InChI is InChI=1S/C15H14O4/c1-19-13-8-4-11(5-9-13)14(15(17)18)10-2-6-12(16)7-3-10/h2-9,14,16H,1H3,(H,17,18)/t14-/m1/s1. The summed E-state index contributed by atoms with van der Waals surface area (Å²) < 4.78 is 5.05. The van der Waals surface area contributed by atoms with Gasteiger partial charge < -0.3 is 14.9 Å². The first kappa shape index (κ1) is 13.0. The van der Waals surface area contributed by atoms with Crippen LogP contribution >= 0.6 is 0 Å². The molecule has 0 radical (unpaired) electrons. The summed E-state index contributed by atoms with van der Waals surface area (Å²) in [7, 11) is 1.56. The first-order chi connectivity index (χ1) is 9.11. The van der Waals surface area contributed by atoms with Crippen LogP contribution in [0.25, 0.3) is 0 Å². The minimum atomic E-state index is -0.934. The van der Waals surface area contributed by atoms with Crippen LogP contribution in [0.4, 0.5) is 0 Å². The summed E-state index contributed by atoms with van der Waals surface area (Å²) in [6.07, 6.45) is 0. The molecule has 4 nitrogen and oxygen atoms in total. The average Bonchev–Trinajstić information content (AvgIpc) is 2.42. The van der Waals surface area contributed by atoms with E-state index in [0.29, 0.717) is 16.9 Å². The Morgan fingerprint density at radius 1 is 1.00 bits per heavy atom. The molecule has 0 saturated carbocycles. The number of phenols is 1. The number of benzene rings is 2. The summed E-state index contributed by atoms with van der Waals surface area (Å²) in [5.41, 5.74) is 1.29. The molecule has 0 saturated heterocycles. The lowest BCUT2D eigenvalue weighted by Crippen LogP contribution is -2.12. The third-order valence-corrected chi connectivity index (χ3v) is 2.92. The minimum Gasteiger partial charge on any atom is -0.508 e. The fourth-order valence-electron chi connectivity index (χ4n) is 1.94. The molecule has 0 fully saturated rings. The third-order valence-electron chi connectivity index (χ3n) is 2.92. The molecule has 2 aromatic carbocycles. The highest BCUT2D eigenvalue weighted by atomic mass is 16.5. The van der Waals surface area contributed by atoms with Crippen LogP contribution in [0.3, 0.4) is 0 Å². The molecule has 2 N–H and O–H groups in total. The minimum absolute atomic E-state index is 0.114. The van der Waals surface area contributed by atoms with Gasteiger partial charge in [-0.1, -0.05) is 24.3 Å².